The van der Waals surface area contributed by atoms with E-state index < -0.39 is 0 Å². The Hall–Kier alpha value is -0.680. The number of aromatic nitrogens is 2. The third-order valence-electron chi connectivity index (χ3n) is 3.05. The van der Waals surface area contributed by atoms with Gasteiger partial charge in [-0.2, -0.15) is 0 Å². The first-order chi connectivity index (χ1) is 8.38. The van der Waals surface area contributed by atoms with E-state index in [0.717, 1.165) is 35.6 Å². The molecule has 0 saturated heterocycles. The van der Waals surface area contributed by atoms with Gasteiger partial charge in [0.15, 0.2) is 0 Å². The van der Waals surface area contributed by atoms with Crippen LogP contribution in [0, 0.1) is 5.92 Å². The first-order valence-corrected chi connectivity index (χ1v) is 7.34. The Morgan fingerprint density at radius 3 is 2.94 bits per heavy atom. The smallest absolute Gasteiger partial charge is 0.205 e. The van der Waals surface area contributed by atoms with Gasteiger partial charge in [-0.3, -0.25) is 0 Å². The molecule has 1 fully saturated rings. The summed E-state index contributed by atoms with van der Waals surface area (Å²) in [6.45, 7) is 4.59. The predicted octanol–water partition coefficient (Wildman–Crippen LogP) is 3.07. The van der Waals surface area contributed by atoms with Gasteiger partial charge in [0.05, 0.1) is 0 Å². The van der Waals surface area contributed by atoms with Gasteiger partial charge in [0.1, 0.15) is 11.6 Å². The van der Waals surface area contributed by atoms with Gasteiger partial charge < -0.3 is 10.1 Å². The van der Waals surface area contributed by atoms with Crippen LogP contribution in [-0.2, 0) is 11.3 Å². The number of anilines is 1. The molecular formula is C12H21N3OS. The van der Waals surface area contributed by atoms with E-state index in [0.29, 0.717) is 6.61 Å². The largest absolute Gasteiger partial charge is 0.374 e. The minimum absolute atomic E-state index is 0.613. The molecule has 1 N–H and O–H groups in total. The number of hydrogen-bond donors (Lipinski definition) is 1. The van der Waals surface area contributed by atoms with E-state index >= 15 is 0 Å². The van der Waals surface area contributed by atoms with Crippen LogP contribution in [-0.4, -0.2) is 23.3 Å². The maximum Gasteiger partial charge on any atom is 0.205 e. The van der Waals surface area contributed by atoms with Gasteiger partial charge in [0, 0.05) is 13.2 Å². The lowest BCUT2D eigenvalue weighted by Crippen LogP contribution is -2.05. The topological polar surface area (TPSA) is 47.0 Å². The molecule has 17 heavy (non-hydrogen) atoms. The summed E-state index contributed by atoms with van der Waals surface area (Å²) in [4.78, 5) is 0. The number of rotatable bonds is 7. The molecule has 1 aliphatic rings. The summed E-state index contributed by atoms with van der Waals surface area (Å²) in [6.07, 6.45) is 6.52. The summed E-state index contributed by atoms with van der Waals surface area (Å²) in [5, 5.41) is 13.3. The highest BCUT2D eigenvalue weighted by atomic mass is 32.1. The first-order valence-electron chi connectivity index (χ1n) is 6.52. The lowest BCUT2D eigenvalue weighted by molar-refractivity contribution is 0.0884. The van der Waals surface area contributed by atoms with Crippen molar-refractivity contribution in [3.8, 4) is 0 Å². The average Bonchev–Trinajstić information content (AvgIpc) is 2.98. The zero-order valence-electron chi connectivity index (χ0n) is 10.4. The van der Waals surface area contributed by atoms with E-state index in [2.05, 4.69) is 22.4 Å². The number of nitrogens with one attached hydrogen (secondary N) is 1. The highest BCUT2D eigenvalue weighted by Gasteiger charge is 2.15. The van der Waals surface area contributed by atoms with Gasteiger partial charge in [0.2, 0.25) is 5.13 Å². The Morgan fingerprint density at radius 1 is 1.35 bits per heavy atom. The van der Waals surface area contributed by atoms with E-state index in [9.17, 15) is 0 Å². The molecule has 0 aliphatic heterocycles. The normalized spacial score (nSPS) is 16.5. The first kappa shape index (κ1) is 12.8. The van der Waals surface area contributed by atoms with Crippen LogP contribution < -0.4 is 5.32 Å². The zero-order valence-corrected chi connectivity index (χ0v) is 11.3. The molecule has 5 heteroatoms. The molecule has 0 amide bonds. The van der Waals surface area contributed by atoms with Crippen LogP contribution in [0.3, 0.4) is 0 Å². The molecule has 1 aromatic heterocycles. The van der Waals surface area contributed by atoms with Crippen LogP contribution in [0.1, 0.15) is 44.0 Å². The van der Waals surface area contributed by atoms with Crippen molar-refractivity contribution in [2.75, 3.05) is 18.5 Å². The molecule has 0 spiro atoms. The molecule has 2 rings (SSSR count). The Morgan fingerprint density at radius 2 is 2.18 bits per heavy atom. The van der Waals surface area contributed by atoms with Crippen molar-refractivity contribution in [2.45, 2.75) is 45.6 Å². The summed E-state index contributed by atoms with van der Waals surface area (Å²) < 4.78 is 5.70. The van der Waals surface area contributed by atoms with Crippen molar-refractivity contribution in [2.24, 2.45) is 5.92 Å². The van der Waals surface area contributed by atoms with Crippen LogP contribution in [0.5, 0.6) is 0 Å². The second-order valence-electron chi connectivity index (χ2n) is 4.59. The van der Waals surface area contributed by atoms with Crippen LogP contribution in [0.2, 0.25) is 0 Å². The fourth-order valence-electron chi connectivity index (χ4n) is 2.11. The second kappa shape index (κ2) is 6.91. The summed E-state index contributed by atoms with van der Waals surface area (Å²) in [7, 11) is 0. The maximum absolute atomic E-state index is 5.70. The molecule has 4 nitrogen and oxygen atoms in total. The monoisotopic (exact) mass is 255 g/mol. The molecule has 1 heterocycles. The van der Waals surface area contributed by atoms with E-state index in [1.54, 1.807) is 11.3 Å². The molecule has 1 saturated carbocycles. The Kier molecular flexibility index (Phi) is 5.19. The van der Waals surface area contributed by atoms with Gasteiger partial charge in [-0.25, -0.2) is 0 Å². The van der Waals surface area contributed by atoms with Crippen molar-refractivity contribution in [3.63, 3.8) is 0 Å². The number of ether oxygens (including phenoxy) is 1. The van der Waals surface area contributed by atoms with Crippen LogP contribution in [0.15, 0.2) is 0 Å². The third-order valence-corrected chi connectivity index (χ3v) is 3.90. The molecular weight excluding hydrogens is 234 g/mol. The van der Waals surface area contributed by atoms with Crippen molar-refractivity contribution in [1.82, 2.24) is 10.2 Å². The predicted molar refractivity (Wildman–Crippen MR) is 70.3 cm³/mol. The molecule has 0 unspecified atom stereocenters. The van der Waals surface area contributed by atoms with Gasteiger partial charge in [-0.05, 0) is 25.2 Å². The molecule has 0 radical (unpaired) electrons. The van der Waals surface area contributed by atoms with Crippen molar-refractivity contribution in [1.29, 1.82) is 0 Å². The minimum Gasteiger partial charge on any atom is -0.374 e. The van der Waals surface area contributed by atoms with E-state index in [1.807, 2.05) is 0 Å². The highest BCUT2D eigenvalue weighted by Crippen LogP contribution is 2.25. The van der Waals surface area contributed by atoms with Gasteiger partial charge >= 0.3 is 0 Å². The summed E-state index contributed by atoms with van der Waals surface area (Å²) >= 11 is 1.60. The summed E-state index contributed by atoms with van der Waals surface area (Å²) in [5.41, 5.74) is 0. The minimum atomic E-state index is 0.613. The van der Waals surface area contributed by atoms with Crippen LogP contribution in [0.4, 0.5) is 5.13 Å². The Balaban J connectivity index is 1.65. The Bertz CT molecular complexity index is 323. The van der Waals surface area contributed by atoms with E-state index in [1.165, 1.54) is 25.7 Å². The van der Waals surface area contributed by atoms with Crippen LogP contribution >= 0.6 is 11.3 Å². The lowest BCUT2D eigenvalue weighted by Gasteiger charge is -2.07. The molecule has 0 atom stereocenters. The number of nitrogens with zero attached hydrogens (tertiary/aromatic N) is 2. The van der Waals surface area contributed by atoms with Crippen molar-refractivity contribution in [3.05, 3.63) is 5.01 Å². The second-order valence-corrected chi connectivity index (χ2v) is 5.66. The average molecular weight is 255 g/mol. The molecule has 1 aromatic rings. The lowest BCUT2D eigenvalue weighted by atomic mass is 10.1. The highest BCUT2D eigenvalue weighted by molar-refractivity contribution is 7.15. The standard InChI is InChI=1S/C12H21N3OS/c1-2-7-13-12-15-14-11(17-12)9-16-8-10-5-3-4-6-10/h10H,2-9H2,1H3,(H,13,15). The van der Waals surface area contributed by atoms with Gasteiger partial charge in [0.25, 0.3) is 0 Å². The summed E-state index contributed by atoms with van der Waals surface area (Å²) in [5.74, 6) is 0.778. The molecule has 0 aromatic carbocycles. The molecule has 96 valence electrons. The molecule has 0 bridgehead atoms. The molecule has 1 aliphatic carbocycles. The zero-order chi connectivity index (χ0) is 11.9. The van der Waals surface area contributed by atoms with E-state index in [-0.39, 0.29) is 0 Å². The fraction of sp³-hybridized carbons (Fsp3) is 0.833. The quantitative estimate of drug-likeness (QED) is 0.813. The van der Waals surface area contributed by atoms with Crippen molar-refractivity contribution >= 4 is 16.5 Å². The van der Waals surface area contributed by atoms with Crippen LogP contribution in [0.25, 0.3) is 0 Å². The SMILES string of the molecule is CCCNc1nnc(COCC2CCCC2)s1. The van der Waals surface area contributed by atoms with E-state index in [4.69, 9.17) is 4.74 Å². The van der Waals surface area contributed by atoms with Gasteiger partial charge in [-0.1, -0.05) is 31.1 Å². The van der Waals surface area contributed by atoms with Crippen molar-refractivity contribution < 1.29 is 4.74 Å². The Labute approximate surface area is 107 Å². The number of hydrogen-bond acceptors (Lipinski definition) is 5. The van der Waals surface area contributed by atoms with Gasteiger partial charge in [-0.15, -0.1) is 10.2 Å². The fourth-order valence-corrected chi connectivity index (χ4v) is 2.81. The third kappa shape index (κ3) is 4.24. The summed E-state index contributed by atoms with van der Waals surface area (Å²) in [6, 6.07) is 0. The maximum atomic E-state index is 5.70.